The minimum atomic E-state index is -2.62. The molecule has 0 aromatic rings. The number of hydrogen-bond donors (Lipinski definition) is 1. The van der Waals surface area contributed by atoms with Crippen LogP contribution in [0.4, 0.5) is 0 Å². The van der Waals surface area contributed by atoms with Crippen LogP contribution in [0, 0.1) is 29.6 Å². The van der Waals surface area contributed by atoms with Crippen molar-refractivity contribution in [3.8, 4) is 0 Å². The van der Waals surface area contributed by atoms with Gasteiger partial charge in [0.05, 0.1) is 0 Å². The normalized spacial score (nSPS) is 32.9. The third kappa shape index (κ3) is 5.35. The fraction of sp³-hybridized carbons (Fsp3) is 1.00. The van der Waals surface area contributed by atoms with Crippen LogP contribution >= 0.6 is 7.83 Å². The van der Waals surface area contributed by atoms with Crippen molar-refractivity contribution in [2.45, 2.75) is 52.9 Å². The number of nitrogens with two attached hydrogens (primary N) is 1. The fourth-order valence-electron chi connectivity index (χ4n) is 3.34. The smallest absolute Gasteiger partial charge is 0.224 e. The van der Waals surface area contributed by atoms with E-state index in [1.807, 2.05) is 0 Å². The maximum absolute atomic E-state index is 8.81. The monoisotopic (exact) mass is 259 g/mol. The first kappa shape index (κ1) is 14.9. The van der Waals surface area contributed by atoms with Crippen molar-refractivity contribution >= 4 is 7.83 Å². The molecule has 4 heteroatoms. The lowest BCUT2D eigenvalue weighted by atomic mass is 9.68. The molecule has 3 unspecified atom stereocenters. The molecule has 2 fully saturated rings. The molecule has 0 amide bonds. The summed E-state index contributed by atoms with van der Waals surface area (Å²) in [5.74, 6) is 5.24. The predicted octanol–water partition coefficient (Wildman–Crippen LogP) is 4.14. The lowest BCUT2D eigenvalue weighted by Crippen LogP contribution is -2.28. The van der Waals surface area contributed by atoms with E-state index in [0.29, 0.717) is 0 Å². The van der Waals surface area contributed by atoms with Gasteiger partial charge in [-0.2, -0.15) is 0 Å². The summed E-state index contributed by atoms with van der Waals surface area (Å²) in [7, 11) is -2.62. The van der Waals surface area contributed by atoms with Crippen LogP contribution in [-0.4, -0.2) is 0 Å². The summed E-state index contributed by atoms with van der Waals surface area (Å²) in [6.07, 6.45) is 7.63. The molecule has 0 aromatic carbocycles. The third-order valence-electron chi connectivity index (χ3n) is 4.30. The number of hydrogen-bond acceptors (Lipinski definition) is 2. The molecule has 2 saturated carbocycles. The van der Waals surface area contributed by atoms with Gasteiger partial charge in [-0.3, -0.25) is 0 Å². The largest absolute Gasteiger partial charge is 0.393 e. The molecule has 2 rings (SSSR count). The van der Waals surface area contributed by atoms with Gasteiger partial charge in [-0.05, 0) is 55.3 Å². The standard InChI is InChI=1S/C13H24.H2NO2P/c1-9(2)12-7-4-10(3)8-13(12)11-5-6-11;1-4(2)3/h9-13H,4-8H2,1-3H3;(H2,1,2,3). The molecule has 2 aliphatic rings. The van der Waals surface area contributed by atoms with Gasteiger partial charge in [-0.15, -0.1) is 0 Å². The molecular weight excluding hydrogens is 233 g/mol. The highest BCUT2D eigenvalue weighted by Gasteiger charge is 2.40. The van der Waals surface area contributed by atoms with Crippen LogP contribution in [0.15, 0.2) is 0 Å². The van der Waals surface area contributed by atoms with Gasteiger partial charge >= 0.3 is 7.83 Å². The van der Waals surface area contributed by atoms with E-state index < -0.39 is 7.83 Å². The van der Waals surface area contributed by atoms with Crippen molar-refractivity contribution < 1.29 is 9.13 Å². The van der Waals surface area contributed by atoms with Crippen LogP contribution in [-0.2, 0) is 9.13 Å². The van der Waals surface area contributed by atoms with Crippen molar-refractivity contribution in [3.05, 3.63) is 0 Å². The van der Waals surface area contributed by atoms with E-state index in [0.717, 1.165) is 29.6 Å². The summed E-state index contributed by atoms with van der Waals surface area (Å²) in [4.78, 5) is 0. The van der Waals surface area contributed by atoms with Gasteiger partial charge in [0, 0.05) is 0 Å². The van der Waals surface area contributed by atoms with Crippen LogP contribution in [0.5, 0.6) is 0 Å². The second-order valence-corrected chi connectivity index (χ2v) is 6.68. The molecule has 0 heterocycles. The van der Waals surface area contributed by atoms with E-state index in [1.54, 1.807) is 12.8 Å². The van der Waals surface area contributed by atoms with Crippen LogP contribution in [0.3, 0.4) is 0 Å². The van der Waals surface area contributed by atoms with Crippen LogP contribution in [0.2, 0.25) is 0 Å². The Kier molecular flexibility index (Phi) is 5.88. The van der Waals surface area contributed by atoms with Gasteiger partial charge in [-0.1, -0.05) is 27.2 Å². The topological polar surface area (TPSA) is 60.2 Å². The SMILES string of the molecule is CC1CCC(C(C)C)C(C2CC2)C1.NP(=O)=O. The summed E-state index contributed by atoms with van der Waals surface area (Å²) in [6.45, 7) is 7.30. The van der Waals surface area contributed by atoms with E-state index >= 15 is 0 Å². The highest BCUT2D eigenvalue weighted by Crippen LogP contribution is 2.50. The summed E-state index contributed by atoms with van der Waals surface area (Å²) < 4.78 is 17.6. The van der Waals surface area contributed by atoms with E-state index in [2.05, 4.69) is 26.3 Å². The Morgan fingerprint density at radius 2 is 1.65 bits per heavy atom. The van der Waals surface area contributed by atoms with Gasteiger partial charge in [0.1, 0.15) is 0 Å². The van der Waals surface area contributed by atoms with Crippen LogP contribution < -0.4 is 5.50 Å². The molecule has 0 saturated heterocycles. The molecule has 2 N–H and O–H groups in total. The van der Waals surface area contributed by atoms with E-state index in [9.17, 15) is 0 Å². The molecule has 0 aromatic heterocycles. The maximum Gasteiger partial charge on any atom is 0.393 e. The molecule has 0 bridgehead atoms. The molecule has 2 aliphatic carbocycles. The van der Waals surface area contributed by atoms with Gasteiger partial charge < -0.3 is 0 Å². The van der Waals surface area contributed by atoms with Gasteiger partial charge in [0.2, 0.25) is 0 Å². The molecular formula is C13H26NO2P. The Hall–Kier alpha value is -0.140. The molecule has 3 atom stereocenters. The highest BCUT2D eigenvalue weighted by atomic mass is 31.1. The molecule has 100 valence electrons. The average molecular weight is 259 g/mol. The Bertz CT molecular complexity index is 290. The molecule has 17 heavy (non-hydrogen) atoms. The van der Waals surface area contributed by atoms with Crippen molar-refractivity contribution in [1.82, 2.24) is 0 Å². The summed E-state index contributed by atoms with van der Waals surface area (Å²) in [5, 5.41) is 0. The predicted molar refractivity (Wildman–Crippen MR) is 70.0 cm³/mol. The maximum atomic E-state index is 8.81. The van der Waals surface area contributed by atoms with Gasteiger partial charge in [-0.25, -0.2) is 14.6 Å². The lowest BCUT2D eigenvalue weighted by Gasteiger charge is -2.37. The lowest BCUT2D eigenvalue weighted by molar-refractivity contribution is 0.126. The van der Waals surface area contributed by atoms with Crippen LogP contribution in [0.1, 0.15) is 52.9 Å². The van der Waals surface area contributed by atoms with Crippen molar-refractivity contribution in [3.63, 3.8) is 0 Å². The van der Waals surface area contributed by atoms with Crippen molar-refractivity contribution in [2.24, 2.45) is 35.1 Å². The fourth-order valence-corrected chi connectivity index (χ4v) is 3.34. The van der Waals surface area contributed by atoms with E-state index in [4.69, 9.17) is 9.13 Å². The van der Waals surface area contributed by atoms with E-state index in [-0.39, 0.29) is 0 Å². The zero-order valence-electron chi connectivity index (χ0n) is 11.3. The second kappa shape index (κ2) is 6.70. The minimum absolute atomic E-state index is 0.929. The summed E-state index contributed by atoms with van der Waals surface area (Å²) in [5.41, 5.74) is 4.06. The van der Waals surface area contributed by atoms with Crippen LogP contribution in [0.25, 0.3) is 0 Å². The first-order valence-electron chi connectivity index (χ1n) is 6.80. The highest BCUT2D eigenvalue weighted by molar-refractivity contribution is 7.27. The third-order valence-corrected chi connectivity index (χ3v) is 4.30. The zero-order valence-corrected chi connectivity index (χ0v) is 12.2. The Morgan fingerprint density at radius 1 is 1.12 bits per heavy atom. The number of rotatable bonds is 2. The zero-order chi connectivity index (χ0) is 13.0. The summed E-state index contributed by atoms with van der Waals surface area (Å²) >= 11 is 0. The second-order valence-electron chi connectivity index (χ2n) is 6.11. The quantitative estimate of drug-likeness (QED) is 0.758. The summed E-state index contributed by atoms with van der Waals surface area (Å²) in [6, 6.07) is 0. The first-order chi connectivity index (χ1) is 7.91. The minimum Gasteiger partial charge on any atom is -0.224 e. The molecule has 3 nitrogen and oxygen atoms in total. The van der Waals surface area contributed by atoms with Crippen molar-refractivity contribution in [1.29, 1.82) is 0 Å². The Balaban J connectivity index is 0.000000317. The van der Waals surface area contributed by atoms with Crippen molar-refractivity contribution in [2.75, 3.05) is 0 Å². The van der Waals surface area contributed by atoms with Gasteiger partial charge in [0.25, 0.3) is 0 Å². The van der Waals surface area contributed by atoms with E-state index in [1.165, 1.54) is 19.3 Å². The average Bonchev–Trinajstić information content (AvgIpc) is 2.98. The molecule has 0 spiro atoms. The molecule has 0 radical (unpaired) electrons. The van der Waals surface area contributed by atoms with Gasteiger partial charge in [0.15, 0.2) is 0 Å². The Morgan fingerprint density at radius 3 is 2.06 bits per heavy atom. The first-order valence-corrected chi connectivity index (χ1v) is 8.05. The molecule has 0 aliphatic heterocycles. The Labute approximate surface area is 105 Å².